The van der Waals surface area contributed by atoms with Crippen LogP contribution in [0.1, 0.15) is 58.2 Å². The summed E-state index contributed by atoms with van der Waals surface area (Å²) in [4.78, 5) is 0. The minimum absolute atomic E-state index is 0.410. The van der Waals surface area contributed by atoms with Gasteiger partial charge in [0.25, 0.3) is 0 Å². The summed E-state index contributed by atoms with van der Waals surface area (Å²) in [6.45, 7) is 7.87. The Morgan fingerprint density at radius 1 is 1.47 bits per heavy atom. The summed E-state index contributed by atoms with van der Waals surface area (Å²) in [5.74, 6) is 0.719. The quantitative estimate of drug-likeness (QED) is 0.900. The number of hydrogen-bond acceptors (Lipinski definition) is 2. The van der Waals surface area contributed by atoms with Crippen LogP contribution in [0, 0.1) is 11.3 Å². The van der Waals surface area contributed by atoms with Gasteiger partial charge < -0.3 is 5.32 Å². The Kier molecular flexibility index (Phi) is 4.72. The third kappa shape index (κ3) is 3.22. The van der Waals surface area contributed by atoms with E-state index in [1.807, 2.05) is 6.20 Å². The molecule has 1 aliphatic rings. The number of aryl methyl sites for hydroxylation is 1. The highest BCUT2D eigenvalue weighted by atomic mass is 79.9. The molecule has 1 aliphatic carbocycles. The largest absolute Gasteiger partial charge is 0.311 e. The Bertz CT molecular complexity index is 415. The fourth-order valence-electron chi connectivity index (χ4n) is 3.28. The van der Waals surface area contributed by atoms with Crippen LogP contribution in [-0.2, 0) is 6.54 Å². The van der Waals surface area contributed by atoms with Crippen molar-refractivity contribution in [1.82, 2.24) is 15.1 Å². The highest BCUT2D eigenvalue weighted by Gasteiger charge is 2.33. The molecule has 2 rings (SSSR count). The van der Waals surface area contributed by atoms with Crippen LogP contribution in [0.4, 0.5) is 0 Å². The molecule has 0 radical (unpaired) electrons. The van der Waals surface area contributed by atoms with Gasteiger partial charge in [0.05, 0.1) is 22.4 Å². The third-order valence-corrected chi connectivity index (χ3v) is 5.20. The molecule has 0 aliphatic heterocycles. The molecule has 4 heteroatoms. The Balaban J connectivity index is 2.18. The van der Waals surface area contributed by atoms with E-state index >= 15 is 0 Å². The molecule has 1 unspecified atom stereocenters. The summed E-state index contributed by atoms with van der Waals surface area (Å²) in [5.41, 5.74) is 1.84. The van der Waals surface area contributed by atoms with E-state index in [1.54, 1.807) is 0 Å². The van der Waals surface area contributed by atoms with Gasteiger partial charge in [-0.25, -0.2) is 0 Å². The molecule has 1 heterocycles. The first-order valence-corrected chi connectivity index (χ1v) is 8.16. The molecule has 1 saturated carbocycles. The molecule has 0 amide bonds. The van der Waals surface area contributed by atoms with E-state index in [0.717, 1.165) is 16.9 Å². The SMILES string of the molecule is CCn1ncc(Br)c1C(NC)C1CCC(C)(C)CC1. The standard InChI is InChI=1S/C15H26BrN3/c1-5-19-14(12(16)10-18-19)13(17-4)11-6-8-15(2,3)9-7-11/h10-11,13,17H,5-9H2,1-4H3. The van der Waals surface area contributed by atoms with Crippen LogP contribution in [0.3, 0.4) is 0 Å². The smallest absolute Gasteiger partial charge is 0.0698 e. The van der Waals surface area contributed by atoms with Crippen LogP contribution in [-0.4, -0.2) is 16.8 Å². The van der Waals surface area contributed by atoms with Gasteiger partial charge in [-0.3, -0.25) is 4.68 Å². The molecule has 0 saturated heterocycles. The van der Waals surface area contributed by atoms with Gasteiger partial charge in [0.2, 0.25) is 0 Å². The first-order chi connectivity index (χ1) is 8.98. The van der Waals surface area contributed by atoms with Crippen molar-refractivity contribution in [1.29, 1.82) is 0 Å². The van der Waals surface area contributed by atoms with Gasteiger partial charge in [-0.2, -0.15) is 5.10 Å². The highest BCUT2D eigenvalue weighted by Crippen LogP contribution is 2.43. The molecule has 1 atom stereocenters. The van der Waals surface area contributed by atoms with E-state index in [4.69, 9.17) is 0 Å². The molecule has 19 heavy (non-hydrogen) atoms. The summed E-state index contributed by atoms with van der Waals surface area (Å²) in [6.07, 6.45) is 7.19. The minimum atomic E-state index is 0.410. The maximum Gasteiger partial charge on any atom is 0.0698 e. The second-order valence-electron chi connectivity index (χ2n) is 6.46. The normalized spacial score (nSPS) is 21.5. The Labute approximate surface area is 125 Å². The molecule has 3 nitrogen and oxygen atoms in total. The lowest BCUT2D eigenvalue weighted by Gasteiger charge is -2.38. The number of aromatic nitrogens is 2. The lowest BCUT2D eigenvalue weighted by Crippen LogP contribution is -2.32. The summed E-state index contributed by atoms with van der Waals surface area (Å²) < 4.78 is 3.25. The average molecular weight is 328 g/mol. The molecule has 1 fully saturated rings. The zero-order valence-electron chi connectivity index (χ0n) is 12.5. The number of halogens is 1. The van der Waals surface area contributed by atoms with Crippen molar-refractivity contribution in [3.63, 3.8) is 0 Å². The second kappa shape index (κ2) is 5.96. The van der Waals surface area contributed by atoms with Gasteiger partial charge >= 0.3 is 0 Å². The Hall–Kier alpha value is -0.350. The maximum absolute atomic E-state index is 4.46. The predicted molar refractivity (Wildman–Crippen MR) is 83.1 cm³/mol. The first kappa shape index (κ1) is 15.0. The minimum Gasteiger partial charge on any atom is -0.311 e. The van der Waals surface area contributed by atoms with Gasteiger partial charge in [0.15, 0.2) is 0 Å². The van der Waals surface area contributed by atoms with E-state index in [9.17, 15) is 0 Å². The van der Waals surface area contributed by atoms with E-state index in [2.05, 4.69) is 58.8 Å². The summed E-state index contributed by atoms with van der Waals surface area (Å²) >= 11 is 3.67. The third-order valence-electron chi connectivity index (χ3n) is 4.59. The number of nitrogens with one attached hydrogen (secondary N) is 1. The molecule has 108 valence electrons. The van der Waals surface area contributed by atoms with E-state index in [-0.39, 0.29) is 0 Å². The fourth-order valence-corrected chi connectivity index (χ4v) is 3.83. The van der Waals surface area contributed by atoms with Crippen LogP contribution in [0.25, 0.3) is 0 Å². The van der Waals surface area contributed by atoms with Crippen molar-refractivity contribution in [3.05, 3.63) is 16.4 Å². The zero-order valence-corrected chi connectivity index (χ0v) is 14.1. The molecule has 1 aromatic rings. The highest BCUT2D eigenvalue weighted by molar-refractivity contribution is 9.10. The molecule has 0 spiro atoms. The van der Waals surface area contributed by atoms with Gasteiger partial charge in [-0.1, -0.05) is 13.8 Å². The second-order valence-corrected chi connectivity index (χ2v) is 7.32. The summed E-state index contributed by atoms with van der Waals surface area (Å²) in [6, 6.07) is 0.410. The van der Waals surface area contributed by atoms with E-state index in [0.29, 0.717) is 11.5 Å². The average Bonchev–Trinajstić information content (AvgIpc) is 2.74. The molecule has 0 aromatic carbocycles. The monoisotopic (exact) mass is 327 g/mol. The van der Waals surface area contributed by atoms with Crippen molar-refractivity contribution >= 4 is 15.9 Å². The van der Waals surface area contributed by atoms with Crippen molar-refractivity contribution in [2.75, 3.05) is 7.05 Å². The maximum atomic E-state index is 4.46. The van der Waals surface area contributed by atoms with Crippen LogP contribution >= 0.6 is 15.9 Å². The van der Waals surface area contributed by atoms with Crippen LogP contribution < -0.4 is 5.32 Å². The van der Waals surface area contributed by atoms with Crippen molar-refractivity contribution in [3.8, 4) is 0 Å². The molecule has 0 bridgehead atoms. The fraction of sp³-hybridized carbons (Fsp3) is 0.800. The first-order valence-electron chi connectivity index (χ1n) is 7.37. The molecular formula is C15H26BrN3. The van der Waals surface area contributed by atoms with Crippen LogP contribution in [0.5, 0.6) is 0 Å². The number of rotatable bonds is 4. The van der Waals surface area contributed by atoms with Gasteiger partial charge in [-0.15, -0.1) is 0 Å². The Morgan fingerprint density at radius 3 is 2.63 bits per heavy atom. The number of hydrogen-bond donors (Lipinski definition) is 1. The van der Waals surface area contributed by atoms with E-state index in [1.165, 1.54) is 31.4 Å². The van der Waals surface area contributed by atoms with Crippen molar-refractivity contribution in [2.24, 2.45) is 11.3 Å². The van der Waals surface area contributed by atoms with Gasteiger partial charge in [0.1, 0.15) is 0 Å². The van der Waals surface area contributed by atoms with Crippen LogP contribution in [0.2, 0.25) is 0 Å². The lowest BCUT2D eigenvalue weighted by atomic mass is 9.70. The predicted octanol–water partition coefficient (Wildman–Crippen LogP) is 4.14. The van der Waals surface area contributed by atoms with Gasteiger partial charge in [0, 0.05) is 6.54 Å². The lowest BCUT2D eigenvalue weighted by molar-refractivity contribution is 0.161. The topological polar surface area (TPSA) is 29.9 Å². The molecule has 1 aromatic heterocycles. The van der Waals surface area contributed by atoms with Crippen LogP contribution in [0.15, 0.2) is 10.7 Å². The van der Waals surface area contributed by atoms with Gasteiger partial charge in [-0.05, 0) is 66.9 Å². The molecular weight excluding hydrogens is 302 g/mol. The summed E-state index contributed by atoms with van der Waals surface area (Å²) in [5, 5.41) is 7.98. The Morgan fingerprint density at radius 2 is 2.11 bits per heavy atom. The van der Waals surface area contributed by atoms with E-state index < -0.39 is 0 Å². The number of nitrogens with zero attached hydrogens (tertiary/aromatic N) is 2. The zero-order chi connectivity index (χ0) is 14.0. The van der Waals surface area contributed by atoms with Crippen molar-refractivity contribution < 1.29 is 0 Å². The molecule has 1 N–H and O–H groups in total. The van der Waals surface area contributed by atoms with Crippen molar-refractivity contribution in [2.45, 2.75) is 59.0 Å². The summed E-state index contributed by atoms with van der Waals surface area (Å²) in [7, 11) is 2.07.